The lowest BCUT2D eigenvalue weighted by Crippen LogP contribution is -2.17. The lowest BCUT2D eigenvalue weighted by atomic mass is 10.1. The van der Waals surface area contributed by atoms with Crippen LogP contribution in [0.15, 0.2) is 42.9 Å². The van der Waals surface area contributed by atoms with Crippen molar-refractivity contribution in [3.05, 3.63) is 54.0 Å². The molecular formula is C17H23N3O. The predicted octanol–water partition coefficient (Wildman–Crippen LogP) is 3.16. The van der Waals surface area contributed by atoms with Gasteiger partial charge in [0, 0.05) is 30.7 Å². The molecule has 0 aliphatic heterocycles. The maximum absolute atomic E-state index is 5.68. The molecule has 4 heteroatoms. The van der Waals surface area contributed by atoms with Crippen LogP contribution in [0.5, 0.6) is 5.88 Å². The molecule has 21 heavy (non-hydrogen) atoms. The van der Waals surface area contributed by atoms with Crippen LogP contribution in [0.2, 0.25) is 0 Å². The lowest BCUT2D eigenvalue weighted by Gasteiger charge is -2.12. The maximum Gasteiger partial charge on any atom is 0.213 e. The van der Waals surface area contributed by atoms with Crippen LogP contribution in [0.25, 0.3) is 0 Å². The van der Waals surface area contributed by atoms with Gasteiger partial charge in [-0.1, -0.05) is 13.0 Å². The highest BCUT2D eigenvalue weighted by Crippen LogP contribution is 2.14. The molecule has 0 aliphatic carbocycles. The van der Waals surface area contributed by atoms with Gasteiger partial charge in [0.15, 0.2) is 0 Å². The van der Waals surface area contributed by atoms with Gasteiger partial charge in [-0.25, -0.2) is 4.98 Å². The van der Waals surface area contributed by atoms with Crippen molar-refractivity contribution >= 4 is 0 Å². The van der Waals surface area contributed by atoms with Gasteiger partial charge in [0.2, 0.25) is 5.88 Å². The van der Waals surface area contributed by atoms with Crippen LogP contribution in [0.3, 0.4) is 0 Å². The average Bonchev–Trinajstić information content (AvgIpc) is 2.53. The van der Waals surface area contributed by atoms with Crippen molar-refractivity contribution in [2.45, 2.75) is 32.7 Å². The van der Waals surface area contributed by atoms with E-state index in [9.17, 15) is 0 Å². The fraction of sp³-hybridized carbons (Fsp3) is 0.412. The Morgan fingerprint density at radius 2 is 2.00 bits per heavy atom. The third-order valence-corrected chi connectivity index (χ3v) is 3.38. The van der Waals surface area contributed by atoms with E-state index in [0.717, 1.165) is 19.4 Å². The van der Waals surface area contributed by atoms with Gasteiger partial charge in [-0.05, 0) is 49.6 Å². The molecule has 0 saturated carbocycles. The Morgan fingerprint density at radius 1 is 1.19 bits per heavy atom. The second-order valence-corrected chi connectivity index (χ2v) is 5.02. The maximum atomic E-state index is 5.68. The van der Waals surface area contributed by atoms with E-state index in [1.807, 2.05) is 36.8 Å². The number of rotatable bonds is 8. The van der Waals surface area contributed by atoms with E-state index in [4.69, 9.17) is 4.74 Å². The quantitative estimate of drug-likeness (QED) is 0.757. The van der Waals surface area contributed by atoms with Crippen molar-refractivity contribution in [3.63, 3.8) is 0 Å². The first-order valence-corrected chi connectivity index (χ1v) is 7.50. The fourth-order valence-electron chi connectivity index (χ4n) is 2.16. The summed E-state index contributed by atoms with van der Waals surface area (Å²) in [6.07, 6.45) is 7.49. The first-order valence-electron chi connectivity index (χ1n) is 7.50. The highest BCUT2D eigenvalue weighted by atomic mass is 16.5. The molecular weight excluding hydrogens is 262 g/mol. The van der Waals surface area contributed by atoms with Crippen molar-refractivity contribution < 1.29 is 4.74 Å². The van der Waals surface area contributed by atoms with E-state index in [1.165, 1.54) is 11.1 Å². The van der Waals surface area contributed by atoms with E-state index in [-0.39, 0.29) is 0 Å². The highest BCUT2D eigenvalue weighted by molar-refractivity contribution is 5.20. The summed E-state index contributed by atoms with van der Waals surface area (Å²) >= 11 is 0. The van der Waals surface area contributed by atoms with Gasteiger partial charge in [-0.15, -0.1) is 0 Å². The van der Waals surface area contributed by atoms with Gasteiger partial charge in [-0.2, -0.15) is 0 Å². The molecule has 0 saturated heterocycles. The van der Waals surface area contributed by atoms with Gasteiger partial charge in [-0.3, -0.25) is 4.98 Å². The Morgan fingerprint density at radius 3 is 2.67 bits per heavy atom. The number of nitrogens with one attached hydrogen (secondary N) is 1. The summed E-state index contributed by atoms with van der Waals surface area (Å²) in [5, 5.41) is 3.37. The standard InChI is InChI=1S/C17H23N3O/c1-3-19-14(2)16-6-7-17(20-13-16)21-12-4-5-15-8-10-18-11-9-15/h6-11,13-14,19H,3-5,12H2,1-2H3. The van der Waals surface area contributed by atoms with Crippen LogP contribution < -0.4 is 10.1 Å². The molecule has 0 aromatic carbocycles. The molecule has 1 N–H and O–H groups in total. The molecule has 0 radical (unpaired) electrons. The highest BCUT2D eigenvalue weighted by Gasteiger charge is 2.04. The topological polar surface area (TPSA) is 47.0 Å². The van der Waals surface area contributed by atoms with Crippen molar-refractivity contribution in [2.24, 2.45) is 0 Å². The molecule has 0 aliphatic rings. The zero-order valence-corrected chi connectivity index (χ0v) is 12.7. The van der Waals surface area contributed by atoms with Crippen molar-refractivity contribution in [1.29, 1.82) is 0 Å². The minimum Gasteiger partial charge on any atom is -0.478 e. The fourth-order valence-corrected chi connectivity index (χ4v) is 2.16. The molecule has 0 bridgehead atoms. The summed E-state index contributed by atoms with van der Waals surface area (Å²) in [4.78, 5) is 8.36. The number of pyridine rings is 2. The number of aryl methyl sites for hydroxylation is 1. The number of hydrogen-bond donors (Lipinski definition) is 1. The minimum atomic E-state index is 0.322. The van der Waals surface area contributed by atoms with E-state index in [0.29, 0.717) is 18.5 Å². The molecule has 2 aromatic heterocycles. The van der Waals surface area contributed by atoms with E-state index < -0.39 is 0 Å². The van der Waals surface area contributed by atoms with Crippen LogP contribution in [0.4, 0.5) is 0 Å². The van der Waals surface area contributed by atoms with Gasteiger partial charge in [0.25, 0.3) is 0 Å². The predicted molar refractivity (Wildman–Crippen MR) is 84.4 cm³/mol. The third kappa shape index (κ3) is 5.16. The van der Waals surface area contributed by atoms with Gasteiger partial charge in [0.05, 0.1) is 6.61 Å². The zero-order valence-electron chi connectivity index (χ0n) is 12.7. The SMILES string of the molecule is CCNC(C)c1ccc(OCCCc2ccncc2)nc1. The first-order chi connectivity index (χ1) is 10.3. The first kappa shape index (κ1) is 15.4. The zero-order chi connectivity index (χ0) is 14.9. The monoisotopic (exact) mass is 285 g/mol. The van der Waals surface area contributed by atoms with E-state index in [2.05, 4.69) is 35.2 Å². The Balaban J connectivity index is 1.73. The van der Waals surface area contributed by atoms with E-state index in [1.54, 1.807) is 0 Å². The van der Waals surface area contributed by atoms with Crippen LogP contribution >= 0.6 is 0 Å². The smallest absolute Gasteiger partial charge is 0.213 e. The molecule has 2 aromatic rings. The Labute approximate surface area is 126 Å². The Hall–Kier alpha value is -1.94. The molecule has 112 valence electrons. The normalized spacial score (nSPS) is 12.1. The van der Waals surface area contributed by atoms with Crippen molar-refractivity contribution in [3.8, 4) is 5.88 Å². The van der Waals surface area contributed by atoms with Crippen LogP contribution in [-0.4, -0.2) is 23.1 Å². The average molecular weight is 285 g/mol. The van der Waals surface area contributed by atoms with Crippen molar-refractivity contribution in [2.75, 3.05) is 13.2 Å². The summed E-state index contributed by atoms with van der Waals surface area (Å²) < 4.78 is 5.68. The number of aromatic nitrogens is 2. The number of hydrogen-bond acceptors (Lipinski definition) is 4. The number of nitrogens with zero attached hydrogens (tertiary/aromatic N) is 2. The van der Waals surface area contributed by atoms with Crippen LogP contribution in [0, 0.1) is 0 Å². The van der Waals surface area contributed by atoms with Gasteiger partial charge < -0.3 is 10.1 Å². The second-order valence-electron chi connectivity index (χ2n) is 5.02. The second kappa shape index (κ2) is 8.37. The lowest BCUT2D eigenvalue weighted by molar-refractivity contribution is 0.299. The molecule has 0 amide bonds. The molecule has 4 nitrogen and oxygen atoms in total. The summed E-state index contributed by atoms with van der Waals surface area (Å²) in [5.41, 5.74) is 2.47. The minimum absolute atomic E-state index is 0.322. The Bertz CT molecular complexity index is 513. The molecule has 2 heterocycles. The van der Waals surface area contributed by atoms with Crippen molar-refractivity contribution in [1.82, 2.24) is 15.3 Å². The summed E-state index contributed by atoms with van der Waals surface area (Å²) in [6.45, 7) is 5.87. The molecule has 0 spiro atoms. The molecule has 1 unspecified atom stereocenters. The third-order valence-electron chi connectivity index (χ3n) is 3.38. The number of ether oxygens (including phenoxy) is 1. The Kier molecular flexibility index (Phi) is 6.16. The van der Waals surface area contributed by atoms with Crippen LogP contribution in [-0.2, 0) is 6.42 Å². The molecule has 2 rings (SSSR count). The van der Waals surface area contributed by atoms with Gasteiger partial charge >= 0.3 is 0 Å². The summed E-state index contributed by atoms with van der Waals surface area (Å²) in [6, 6.07) is 8.40. The summed E-state index contributed by atoms with van der Waals surface area (Å²) in [5.74, 6) is 0.692. The summed E-state index contributed by atoms with van der Waals surface area (Å²) in [7, 11) is 0. The van der Waals surface area contributed by atoms with Crippen LogP contribution in [0.1, 0.15) is 37.4 Å². The van der Waals surface area contributed by atoms with Gasteiger partial charge in [0.1, 0.15) is 0 Å². The molecule has 0 fully saturated rings. The largest absolute Gasteiger partial charge is 0.478 e. The van der Waals surface area contributed by atoms with E-state index >= 15 is 0 Å². The molecule has 1 atom stereocenters.